The number of amides is 1. The molecule has 2 aromatic carbocycles. The average molecular weight is 466 g/mol. The number of morpholine rings is 1. The monoisotopic (exact) mass is 465 g/mol. The first-order valence-electron chi connectivity index (χ1n) is 9.87. The van der Waals surface area contributed by atoms with Gasteiger partial charge in [-0.2, -0.15) is 4.31 Å². The van der Waals surface area contributed by atoms with Gasteiger partial charge in [-0.15, -0.1) is 0 Å². The maximum atomic E-state index is 12.7. The van der Waals surface area contributed by atoms with E-state index in [2.05, 4.69) is 10.0 Å². The summed E-state index contributed by atoms with van der Waals surface area (Å²) in [6, 6.07) is 11.6. The van der Waals surface area contributed by atoms with Crippen molar-refractivity contribution >= 4 is 31.6 Å². The summed E-state index contributed by atoms with van der Waals surface area (Å²) in [5, 5.41) is 2.65. The zero-order chi connectivity index (χ0) is 22.1. The second-order valence-electron chi connectivity index (χ2n) is 7.42. The second kappa shape index (κ2) is 8.67. The van der Waals surface area contributed by atoms with Gasteiger partial charge in [-0.1, -0.05) is 6.07 Å². The molecular formula is C20H23N3O6S2. The molecule has 0 bridgehead atoms. The van der Waals surface area contributed by atoms with Crippen molar-refractivity contribution in [2.24, 2.45) is 0 Å². The van der Waals surface area contributed by atoms with Crippen molar-refractivity contribution in [1.29, 1.82) is 0 Å². The van der Waals surface area contributed by atoms with Crippen molar-refractivity contribution in [2.45, 2.75) is 28.7 Å². The molecule has 1 saturated heterocycles. The van der Waals surface area contributed by atoms with Gasteiger partial charge in [-0.3, -0.25) is 4.79 Å². The molecule has 0 atom stereocenters. The average Bonchev–Trinajstić information content (AvgIpc) is 3.58. The van der Waals surface area contributed by atoms with Crippen LogP contribution < -0.4 is 10.0 Å². The van der Waals surface area contributed by atoms with Crippen LogP contribution in [0, 0.1) is 0 Å². The van der Waals surface area contributed by atoms with Gasteiger partial charge in [-0.05, 0) is 55.3 Å². The maximum Gasteiger partial charge on any atom is 0.255 e. The molecule has 2 N–H and O–H groups in total. The number of hydrogen-bond donors (Lipinski definition) is 2. The number of sulfonamides is 2. The largest absolute Gasteiger partial charge is 0.379 e. The third-order valence-corrected chi connectivity index (χ3v) is 8.46. The van der Waals surface area contributed by atoms with E-state index in [0.717, 1.165) is 12.8 Å². The Kier molecular flexibility index (Phi) is 6.13. The van der Waals surface area contributed by atoms with Crippen molar-refractivity contribution in [3.63, 3.8) is 0 Å². The summed E-state index contributed by atoms with van der Waals surface area (Å²) in [5.74, 6) is -0.472. The predicted molar refractivity (Wildman–Crippen MR) is 114 cm³/mol. The molecule has 31 heavy (non-hydrogen) atoms. The Balaban J connectivity index is 1.46. The van der Waals surface area contributed by atoms with Gasteiger partial charge in [0, 0.05) is 30.4 Å². The molecule has 9 nitrogen and oxygen atoms in total. The number of carbonyl (C=O) groups excluding carboxylic acids is 1. The van der Waals surface area contributed by atoms with Crippen molar-refractivity contribution in [3.05, 3.63) is 54.1 Å². The highest BCUT2D eigenvalue weighted by atomic mass is 32.2. The van der Waals surface area contributed by atoms with Crippen LogP contribution in [0.3, 0.4) is 0 Å². The molecule has 2 fully saturated rings. The highest BCUT2D eigenvalue weighted by molar-refractivity contribution is 7.89. The number of ether oxygens (including phenoxy) is 1. The zero-order valence-electron chi connectivity index (χ0n) is 16.7. The van der Waals surface area contributed by atoms with Gasteiger partial charge in [0.05, 0.1) is 23.0 Å². The van der Waals surface area contributed by atoms with Crippen LogP contribution in [0.1, 0.15) is 23.2 Å². The molecule has 0 aromatic heterocycles. The second-order valence-corrected chi connectivity index (χ2v) is 11.1. The van der Waals surface area contributed by atoms with Crippen molar-refractivity contribution in [1.82, 2.24) is 9.03 Å². The first kappa shape index (κ1) is 21.9. The Hall–Kier alpha value is -2.31. The molecule has 0 spiro atoms. The van der Waals surface area contributed by atoms with Crippen molar-refractivity contribution in [2.75, 3.05) is 31.6 Å². The van der Waals surface area contributed by atoms with E-state index >= 15 is 0 Å². The SMILES string of the molecule is O=C(Nc1cccc(S(=O)(=O)NC2CC2)c1)c1ccc(S(=O)(=O)N2CCOCC2)cc1. The van der Waals surface area contributed by atoms with Crippen LogP contribution in [0.2, 0.25) is 0 Å². The van der Waals surface area contributed by atoms with Gasteiger partial charge in [0.2, 0.25) is 20.0 Å². The molecule has 2 aromatic rings. The molecule has 2 aliphatic rings. The van der Waals surface area contributed by atoms with Crippen LogP contribution in [0.25, 0.3) is 0 Å². The summed E-state index contributed by atoms with van der Waals surface area (Å²) >= 11 is 0. The number of anilines is 1. The first-order valence-corrected chi connectivity index (χ1v) is 12.8. The minimum absolute atomic E-state index is 0.0181. The highest BCUT2D eigenvalue weighted by Gasteiger charge is 2.28. The number of benzene rings is 2. The Morgan fingerprint density at radius 3 is 2.26 bits per heavy atom. The molecule has 1 saturated carbocycles. The highest BCUT2D eigenvalue weighted by Crippen LogP contribution is 2.24. The van der Waals surface area contributed by atoms with Gasteiger partial charge in [0.25, 0.3) is 5.91 Å². The van der Waals surface area contributed by atoms with Crippen LogP contribution in [0.5, 0.6) is 0 Å². The van der Waals surface area contributed by atoms with Crippen LogP contribution >= 0.6 is 0 Å². The molecule has 4 rings (SSSR count). The lowest BCUT2D eigenvalue weighted by molar-refractivity contribution is 0.0730. The Morgan fingerprint density at radius 2 is 1.61 bits per heavy atom. The topological polar surface area (TPSA) is 122 Å². The maximum absolute atomic E-state index is 12.7. The lowest BCUT2D eigenvalue weighted by Gasteiger charge is -2.26. The fraction of sp³-hybridized carbons (Fsp3) is 0.350. The van der Waals surface area contributed by atoms with E-state index in [0.29, 0.717) is 32.0 Å². The number of nitrogens with zero attached hydrogens (tertiary/aromatic N) is 1. The molecular weight excluding hydrogens is 442 g/mol. The molecule has 166 valence electrons. The van der Waals surface area contributed by atoms with Gasteiger partial charge in [0.1, 0.15) is 0 Å². The van der Waals surface area contributed by atoms with Gasteiger partial charge < -0.3 is 10.1 Å². The summed E-state index contributed by atoms with van der Waals surface area (Å²) < 4.78 is 59.2. The molecule has 0 unspecified atom stereocenters. The minimum atomic E-state index is -3.64. The lowest BCUT2D eigenvalue weighted by Crippen LogP contribution is -2.40. The van der Waals surface area contributed by atoms with Crippen molar-refractivity contribution < 1.29 is 26.4 Å². The summed E-state index contributed by atoms with van der Waals surface area (Å²) in [5.41, 5.74) is 0.582. The van der Waals surface area contributed by atoms with E-state index in [1.165, 1.54) is 40.7 Å². The first-order chi connectivity index (χ1) is 14.8. The normalized spacial score (nSPS) is 17.9. The van der Waals surface area contributed by atoms with E-state index < -0.39 is 26.0 Å². The molecule has 1 aliphatic heterocycles. The quantitative estimate of drug-likeness (QED) is 0.638. The van der Waals surface area contributed by atoms with Crippen LogP contribution in [0.15, 0.2) is 58.3 Å². The Morgan fingerprint density at radius 1 is 0.935 bits per heavy atom. The smallest absolute Gasteiger partial charge is 0.255 e. The molecule has 1 heterocycles. The number of carbonyl (C=O) groups is 1. The van der Waals surface area contributed by atoms with E-state index in [1.807, 2.05) is 0 Å². The molecule has 1 aliphatic carbocycles. The van der Waals surface area contributed by atoms with Crippen LogP contribution in [-0.2, 0) is 24.8 Å². The third kappa shape index (κ3) is 5.13. The van der Waals surface area contributed by atoms with E-state index in [9.17, 15) is 21.6 Å². The number of rotatable bonds is 7. The number of nitrogens with one attached hydrogen (secondary N) is 2. The molecule has 1 amide bonds. The van der Waals surface area contributed by atoms with E-state index in [4.69, 9.17) is 4.74 Å². The summed E-state index contributed by atoms with van der Waals surface area (Å²) in [6.45, 7) is 1.29. The molecule has 11 heteroatoms. The van der Waals surface area contributed by atoms with Crippen molar-refractivity contribution in [3.8, 4) is 0 Å². The Bertz CT molecular complexity index is 1170. The van der Waals surface area contributed by atoms with Crippen LogP contribution in [0.4, 0.5) is 5.69 Å². The predicted octanol–water partition coefficient (Wildman–Crippen LogP) is 1.40. The minimum Gasteiger partial charge on any atom is -0.379 e. The van der Waals surface area contributed by atoms with Gasteiger partial charge in [0.15, 0.2) is 0 Å². The zero-order valence-corrected chi connectivity index (χ0v) is 18.3. The van der Waals surface area contributed by atoms with Gasteiger partial charge >= 0.3 is 0 Å². The number of hydrogen-bond acceptors (Lipinski definition) is 6. The third-order valence-electron chi connectivity index (χ3n) is 5.03. The standard InChI is InChI=1S/C20H23N3O6S2/c24-20(21-17-2-1-3-19(14-17)30(25,26)22-16-6-7-16)15-4-8-18(9-5-15)31(27,28)23-10-12-29-13-11-23/h1-5,8-9,14,16,22H,6-7,10-13H2,(H,21,24). The summed E-state index contributed by atoms with van der Waals surface area (Å²) in [4.78, 5) is 12.7. The van der Waals surface area contributed by atoms with E-state index in [1.54, 1.807) is 12.1 Å². The fourth-order valence-electron chi connectivity index (χ4n) is 3.15. The Labute approximate surface area is 181 Å². The summed E-state index contributed by atoms with van der Waals surface area (Å²) in [6.07, 6.45) is 1.65. The summed E-state index contributed by atoms with van der Waals surface area (Å²) in [7, 11) is -7.28. The lowest BCUT2D eigenvalue weighted by atomic mass is 10.2. The van der Waals surface area contributed by atoms with Gasteiger partial charge in [-0.25, -0.2) is 21.6 Å². The molecule has 0 radical (unpaired) electrons. The fourth-order valence-corrected chi connectivity index (χ4v) is 5.91. The van der Waals surface area contributed by atoms with E-state index in [-0.39, 0.29) is 21.4 Å². The van der Waals surface area contributed by atoms with Crippen LogP contribution in [-0.4, -0.2) is 59.4 Å².